The third-order valence-electron chi connectivity index (χ3n) is 2.95. The summed E-state index contributed by atoms with van der Waals surface area (Å²) in [7, 11) is 1.31. The van der Waals surface area contributed by atoms with E-state index in [-0.39, 0.29) is 19.0 Å². The molecule has 6 heteroatoms. The van der Waals surface area contributed by atoms with Crippen molar-refractivity contribution in [2.24, 2.45) is 0 Å². The molecule has 98 valence electrons. The van der Waals surface area contributed by atoms with Gasteiger partial charge in [-0.3, -0.25) is 4.79 Å². The van der Waals surface area contributed by atoms with Gasteiger partial charge in [0.15, 0.2) is 6.10 Å². The van der Waals surface area contributed by atoms with Crippen LogP contribution >= 0.6 is 0 Å². The summed E-state index contributed by atoms with van der Waals surface area (Å²) in [6.45, 7) is 0.234. The second kappa shape index (κ2) is 7.24. The Morgan fingerprint density at radius 1 is 1.41 bits per heavy atom. The Labute approximate surface area is 101 Å². The molecule has 0 bridgehead atoms. The van der Waals surface area contributed by atoms with Crippen LogP contribution in [0.25, 0.3) is 0 Å². The summed E-state index contributed by atoms with van der Waals surface area (Å²) in [5.74, 6) is -1.27. The van der Waals surface area contributed by atoms with Crippen molar-refractivity contribution in [3.05, 3.63) is 0 Å². The molecule has 1 saturated carbocycles. The first-order valence-electron chi connectivity index (χ1n) is 5.89. The van der Waals surface area contributed by atoms with E-state index in [1.165, 1.54) is 20.0 Å². The van der Waals surface area contributed by atoms with Crippen molar-refractivity contribution in [3.8, 4) is 0 Å². The molecule has 0 aliphatic heterocycles. The molecular formula is C11H20N2O4. The summed E-state index contributed by atoms with van der Waals surface area (Å²) in [4.78, 5) is 22.0. The van der Waals surface area contributed by atoms with Crippen molar-refractivity contribution in [3.63, 3.8) is 0 Å². The van der Waals surface area contributed by atoms with Crippen LogP contribution in [-0.2, 0) is 14.3 Å². The van der Waals surface area contributed by atoms with Crippen molar-refractivity contribution in [2.75, 3.05) is 20.2 Å². The van der Waals surface area contributed by atoms with Crippen LogP contribution in [0.5, 0.6) is 0 Å². The van der Waals surface area contributed by atoms with Gasteiger partial charge in [0.1, 0.15) is 0 Å². The largest absolute Gasteiger partial charge is 0.479 e. The molecule has 1 fully saturated rings. The minimum absolute atomic E-state index is 0.00296. The third kappa shape index (κ3) is 5.14. The zero-order valence-corrected chi connectivity index (χ0v) is 10.1. The Bertz CT molecular complexity index is 264. The van der Waals surface area contributed by atoms with Crippen molar-refractivity contribution < 1.29 is 19.4 Å². The maximum absolute atomic E-state index is 11.4. The van der Waals surface area contributed by atoms with E-state index in [1.807, 2.05) is 0 Å². The maximum Gasteiger partial charge on any atom is 0.334 e. The van der Waals surface area contributed by atoms with Gasteiger partial charge in [0.25, 0.3) is 0 Å². The molecule has 0 radical (unpaired) electrons. The van der Waals surface area contributed by atoms with Crippen LogP contribution in [0.4, 0.5) is 0 Å². The zero-order chi connectivity index (χ0) is 12.7. The van der Waals surface area contributed by atoms with Crippen LogP contribution in [-0.4, -0.2) is 49.3 Å². The van der Waals surface area contributed by atoms with E-state index in [9.17, 15) is 9.59 Å². The second-order valence-electron chi connectivity index (χ2n) is 4.23. The van der Waals surface area contributed by atoms with Gasteiger partial charge >= 0.3 is 5.97 Å². The summed E-state index contributed by atoms with van der Waals surface area (Å²) in [6.07, 6.45) is 3.67. The number of hydrogen-bond acceptors (Lipinski definition) is 4. The van der Waals surface area contributed by atoms with E-state index in [0.717, 1.165) is 12.8 Å². The van der Waals surface area contributed by atoms with Crippen LogP contribution < -0.4 is 10.6 Å². The Kier molecular flexibility index (Phi) is 5.93. The molecular weight excluding hydrogens is 224 g/mol. The third-order valence-corrected chi connectivity index (χ3v) is 2.95. The highest BCUT2D eigenvalue weighted by atomic mass is 16.5. The lowest BCUT2D eigenvalue weighted by atomic mass is 10.2. The number of aliphatic carboxylic acids is 1. The number of carbonyl (C=O) groups excluding carboxylic acids is 1. The fourth-order valence-corrected chi connectivity index (χ4v) is 1.91. The van der Waals surface area contributed by atoms with Crippen LogP contribution in [0.15, 0.2) is 0 Å². The highest BCUT2D eigenvalue weighted by Crippen LogP contribution is 2.17. The number of nitrogens with one attached hydrogen (secondary N) is 2. The Hall–Kier alpha value is -1.14. The molecule has 1 rings (SSSR count). The molecule has 0 aromatic carbocycles. The minimum Gasteiger partial charge on any atom is -0.479 e. The lowest BCUT2D eigenvalue weighted by Crippen LogP contribution is -2.43. The first-order valence-corrected chi connectivity index (χ1v) is 5.89. The Morgan fingerprint density at radius 2 is 2.06 bits per heavy atom. The fraction of sp³-hybridized carbons (Fsp3) is 0.818. The number of hydrogen-bond donors (Lipinski definition) is 3. The predicted octanol–water partition coefficient (Wildman–Crippen LogP) is -0.266. The van der Waals surface area contributed by atoms with Crippen molar-refractivity contribution in [1.82, 2.24) is 10.6 Å². The van der Waals surface area contributed by atoms with Crippen molar-refractivity contribution in [1.29, 1.82) is 0 Å². The first-order chi connectivity index (χ1) is 8.13. The standard InChI is InChI=1S/C11H20N2O4/c1-17-9(11(15)16)6-13-10(14)7-12-8-4-2-3-5-8/h8-9,12H,2-7H2,1H3,(H,13,14)(H,15,16). The number of carbonyl (C=O) groups is 2. The van der Waals surface area contributed by atoms with Crippen LogP contribution in [0, 0.1) is 0 Å². The average Bonchev–Trinajstić information content (AvgIpc) is 2.79. The van der Waals surface area contributed by atoms with Crippen LogP contribution in [0.2, 0.25) is 0 Å². The monoisotopic (exact) mass is 244 g/mol. The molecule has 1 aliphatic carbocycles. The summed E-state index contributed by atoms with van der Waals surface area (Å²) < 4.78 is 4.71. The highest BCUT2D eigenvalue weighted by molar-refractivity contribution is 5.79. The quantitative estimate of drug-likeness (QED) is 0.574. The van der Waals surface area contributed by atoms with Gasteiger partial charge in [-0.25, -0.2) is 4.79 Å². The van der Waals surface area contributed by atoms with E-state index >= 15 is 0 Å². The SMILES string of the molecule is COC(CNC(=O)CNC1CCCC1)C(=O)O. The zero-order valence-electron chi connectivity index (χ0n) is 10.1. The van der Waals surface area contributed by atoms with Gasteiger partial charge in [-0.05, 0) is 12.8 Å². The smallest absolute Gasteiger partial charge is 0.334 e. The van der Waals surface area contributed by atoms with E-state index in [2.05, 4.69) is 10.6 Å². The predicted molar refractivity (Wildman–Crippen MR) is 61.7 cm³/mol. The minimum atomic E-state index is -1.07. The number of rotatable bonds is 7. The number of ether oxygens (including phenoxy) is 1. The number of amides is 1. The molecule has 3 N–H and O–H groups in total. The van der Waals surface area contributed by atoms with E-state index in [4.69, 9.17) is 9.84 Å². The van der Waals surface area contributed by atoms with Gasteiger partial charge in [-0.2, -0.15) is 0 Å². The topological polar surface area (TPSA) is 87.7 Å². The van der Waals surface area contributed by atoms with Crippen molar-refractivity contribution in [2.45, 2.75) is 37.8 Å². The summed E-state index contributed by atoms with van der Waals surface area (Å²) >= 11 is 0. The van der Waals surface area contributed by atoms with Crippen molar-refractivity contribution >= 4 is 11.9 Å². The molecule has 0 saturated heterocycles. The van der Waals surface area contributed by atoms with Gasteiger partial charge in [0, 0.05) is 13.2 Å². The molecule has 1 atom stereocenters. The number of carboxylic acid groups (broad SMARTS) is 1. The maximum atomic E-state index is 11.4. The first kappa shape index (κ1) is 13.9. The molecule has 0 aromatic rings. The summed E-state index contributed by atoms with van der Waals surface area (Å²) in [5, 5.41) is 14.4. The van der Waals surface area contributed by atoms with E-state index in [1.54, 1.807) is 0 Å². The molecule has 1 unspecified atom stereocenters. The summed E-state index contributed by atoms with van der Waals surface area (Å²) in [5.41, 5.74) is 0. The molecule has 1 aliphatic rings. The Morgan fingerprint density at radius 3 is 2.59 bits per heavy atom. The van der Waals surface area contributed by atoms with Crippen LogP contribution in [0.1, 0.15) is 25.7 Å². The van der Waals surface area contributed by atoms with Gasteiger partial charge in [0.05, 0.1) is 13.1 Å². The molecule has 0 heterocycles. The molecule has 0 spiro atoms. The molecule has 1 amide bonds. The number of carboxylic acids is 1. The lowest BCUT2D eigenvalue weighted by Gasteiger charge is -2.14. The fourth-order valence-electron chi connectivity index (χ4n) is 1.91. The molecule has 6 nitrogen and oxygen atoms in total. The van der Waals surface area contributed by atoms with Crippen LogP contribution in [0.3, 0.4) is 0 Å². The molecule has 17 heavy (non-hydrogen) atoms. The summed E-state index contributed by atoms with van der Waals surface area (Å²) in [6, 6.07) is 0.429. The Balaban J connectivity index is 2.13. The lowest BCUT2D eigenvalue weighted by molar-refractivity contribution is -0.148. The number of methoxy groups -OCH3 is 1. The van der Waals surface area contributed by atoms with Gasteiger partial charge in [0.2, 0.25) is 5.91 Å². The highest BCUT2D eigenvalue weighted by Gasteiger charge is 2.18. The van der Waals surface area contributed by atoms with E-state index in [0.29, 0.717) is 6.04 Å². The molecule has 0 aromatic heterocycles. The normalized spacial score (nSPS) is 17.9. The van der Waals surface area contributed by atoms with E-state index < -0.39 is 12.1 Å². The van der Waals surface area contributed by atoms with Gasteiger partial charge in [-0.1, -0.05) is 12.8 Å². The van der Waals surface area contributed by atoms with Gasteiger partial charge < -0.3 is 20.5 Å². The second-order valence-corrected chi connectivity index (χ2v) is 4.23. The average molecular weight is 244 g/mol. The van der Waals surface area contributed by atoms with Gasteiger partial charge in [-0.15, -0.1) is 0 Å².